The molecule has 0 aromatic heterocycles. The van der Waals surface area contributed by atoms with Gasteiger partial charge in [-0.05, 0) is 66.8 Å². The van der Waals surface area contributed by atoms with Crippen molar-refractivity contribution < 1.29 is 22.4 Å². The predicted molar refractivity (Wildman–Crippen MR) is 163 cm³/mol. The number of carbonyl (C=O) groups is 2. The highest BCUT2D eigenvalue weighted by atomic mass is 35.5. The van der Waals surface area contributed by atoms with Crippen LogP contribution >= 0.6 is 23.2 Å². The fourth-order valence-electron chi connectivity index (χ4n) is 7.10. The molecule has 0 bridgehead atoms. The molecule has 0 radical (unpaired) electrons. The number of nitrogens with one attached hydrogen (secondary N) is 4. The van der Waals surface area contributed by atoms with Crippen molar-refractivity contribution in [3.8, 4) is 0 Å². The number of carbonyl (C=O) groups excluding carboxylic acids is 2. The Labute approximate surface area is 256 Å². The molecule has 8 nitrogen and oxygen atoms in total. The average molecular weight is 640 g/mol. The summed E-state index contributed by atoms with van der Waals surface area (Å²) in [6, 6.07) is 8.00. The van der Waals surface area contributed by atoms with Gasteiger partial charge in [0, 0.05) is 34.8 Å². The first-order chi connectivity index (χ1) is 19.6. The Morgan fingerprint density at radius 1 is 1.10 bits per heavy atom. The standard InChI is InChI=1S/C30H37Cl2FN4O4S/c1-29(2,3)15-23-30(20-13-8-16(31)14-22(20)35-28(30)39)24(19-6-5-7-21(32)25(19)33)26(36-23)27(38)34-17-9-11-18(12-10-17)37-42(4,40)41/h5-8,13-14,17-18,23-24,26,36-37H,9-12,15H2,1-4H3,(H,34,38)(H,35,39)/t17-,18+,23-,24+,26-,30+/m1/s1. The Balaban J connectivity index is 1.56. The van der Waals surface area contributed by atoms with E-state index in [-0.39, 0.29) is 39.9 Å². The lowest BCUT2D eigenvalue weighted by Crippen LogP contribution is -2.50. The van der Waals surface area contributed by atoms with E-state index in [0.29, 0.717) is 48.4 Å². The van der Waals surface area contributed by atoms with Crippen molar-refractivity contribution in [3.05, 3.63) is 63.4 Å². The third kappa shape index (κ3) is 5.93. The van der Waals surface area contributed by atoms with Crippen LogP contribution in [0.25, 0.3) is 0 Å². The van der Waals surface area contributed by atoms with Crippen LogP contribution in [0.2, 0.25) is 10.0 Å². The zero-order chi connectivity index (χ0) is 30.6. The number of rotatable bonds is 6. The van der Waals surface area contributed by atoms with Gasteiger partial charge in [0.2, 0.25) is 21.8 Å². The number of hydrogen-bond donors (Lipinski definition) is 4. The summed E-state index contributed by atoms with van der Waals surface area (Å²) in [5, 5.41) is 9.95. The third-order valence-corrected chi connectivity index (χ3v) is 9.96. The van der Waals surface area contributed by atoms with Gasteiger partial charge in [-0.1, -0.05) is 62.2 Å². The van der Waals surface area contributed by atoms with Crippen LogP contribution in [0.3, 0.4) is 0 Å². The molecule has 1 spiro atoms. The first kappa shape index (κ1) is 31.2. The van der Waals surface area contributed by atoms with Crippen LogP contribution < -0.4 is 20.7 Å². The molecular formula is C30H37Cl2FN4O4S. The van der Waals surface area contributed by atoms with E-state index in [9.17, 15) is 18.0 Å². The Hall–Kier alpha value is -2.24. The molecule has 5 rings (SSSR count). The van der Waals surface area contributed by atoms with Crippen molar-refractivity contribution in [3.63, 3.8) is 0 Å². The predicted octanol–water partition coefficient (Wildman–Crippen LogP) is 4.86. The molecule has 42 heavy (non-hydrogen) atoms. The molecule has 2 fully saturated rings. The van der Waals surface area contributed by atoms with Crippen LogP contribution in [0.5, 0.6) is 0 Å². The van der Waals surface area contributed by atoms with Crippen molar-refractivity contribution in [1.29, 1.82) is 0 Å². The molecule has 2 aromatic rings. The lowest BCUT2D eigenvalue weighted by molar-refractivity contribution is -0.124. The van der Waals surface area contributed by atoms with E-state index < -0.39 is 39.3 Å². The molecule has 2 amide bonds. The highest BCUT2D eigenvalue weighted by Crippen LogP contribution is 2.57. The number of hydrogen-bond acceptors (Lipinski definition) is 5. The fourth-order valence-corrected chi connectivity index (χ4v) is 8.30. The van der Waals surface area contributed by atoms with Crippen LogP contribution in [0.4, 0.5) is 10.1 Å². The molecule has 1 aliphatic carbocycles. The van der Waals surface area contributed by atoms with Gasteiger partial charge in [0.05, 0.1) is 17.3 Å². The zero-order valence-corrected chi connectivity index (χ0v) is 26.4. The highest BCUT2D eigenvalue weighted by molar-refractivity contribution is 7.88. The Bertz CT molecular complexity index is 1510. The largest absolute Gasteiger partial charge is 0.352 e. The normalized spacial score (nSPS) is 29.4. The van der Waals surface area contributed by atoms with Gasteiger partial charge in [-0.3, -0.25) is 9.59 Å². The van der Waals surface area contributed by atoms with Crippen LogP contribution in [0, 0.1) is 11.2 Å². The van der Waals surface area contributed by atoms with E-state index >= 15 is 4.39 Å². The van der Waals surface area contributed by atoms with Gasteiger partial charge < -0.3 is 16.0 Å². The molecule has 2 aliphatic heterocycles. The first-order valence-corrected chi connectivity index (χ1v) is 16.8. The summed E-state index contributed by atoms with van der Waals surface area (Å²) in [7, 11) is -3.33. The summed E-state index contributed by atoms with van der Waals surface area (Å²) in [4.78, 5) is 28.3. The zero-order valence-electron chi connectivity index (χ0n) is 24.1. The fraction of sp³-hybridized carbons (Fsp3) is 0.533. The number of anilines is 1. The molecule has 4 N–H and O–H groups in total. The highest BCUT2D eigenvalue weighted by Gasteiger charge is 2.66. The maximum absolute atomic E-state index is 15.9. The summed E-state index contributed by atoms with van der Waals surface area (Å²) in [6.45, 7) is 6.18. The third-order valence-electron chi connectivity index (χ3n) is 8.68. The molecule has 4 atom stereocenters. The van der Waals surface area contributed by atoms with Gasteiger partial charge in [-0.2, -0.15) is 0 Å². The summed E-state index contributed by atoms with van der Waals surface area (Å²) in [6.07, 6.45) is 3.98. The van der Waals surface area contributed by atoms with Crippen LogP contribution in [-0.2, 0) is 25.0 Å². The molecule has 2 aromatic carbocycles. The van der Waals surface area contributed by atoms with Crippen molar-refractivity contribution in [2.75, 3.05) is 11.6 Å². The Morgan fingerprint density at radius 2 is 1.76 bits per heavy atom. The van der Waals surface area contributed by atoms with Crippen LogP contribution in [0.15, 0.2) is 36.4 Å². The molecule has 3 aliphatic rings. The molecule has 12 heteroatoms. The van der Waals surface area contributed by atoms with Crippen molar-refractivity contribution in [2.24, 2.45) is 5.41 Å². The lowest BCUT2D eigenvalue weighted by atomic mass is 9.62. The van der Waals surface area contributed by atoms with E-state index in [1.165, 1.54) is 6.07 Å². The Kier molecular flexibility index (Phi) is 8.43. The SMILES string of the molecule is CC(C)(C)C[C@H]1N[C@@H](C(=O)N[C@H]2CC[C@@H](NS(C)(=O)=O)CC2)[C@H](c2cccc(Cl)c2F)[C@@]12C(=O)Nc1cc(Cl)ccc12. The van der Waals surface area contributed by atoms with Gasteiger partial charge in [0.15, 0.2) is 0 Å². The van der Waals surface area contributed by atoms with Gasteiger partial charge in [-0.15, -0.1) is 0 Å². The molecule has 228 valence electrons. The van der Waals surface area contributed by atoms with Crippen LogP contribution in [-0.4, -0.2) is 50.7 Å². The van der Waals surface area contributed by atoms with Gasteiger partial charge in [-0.25, -0.2) is 17.5 Å². The van der Waals surface area contributed by atoms with Gasteiger partial charge >= 0.3 is 0 Å². The minimum absolute atomic E-state index is 0.0903. The maximum atomic E-state index is 15.9. The second kappa shape index (κ2) is 11.4. The van der Waals surface area contributed by atoms with Crippen LogP contribution in [0.1, 0.15) is 69.9 Å². The minimum atomic E-state index is -3.33. The quantitative estimate of drug-likeness (QED) is 0.361. The minimum Gasteiger partial charge on any atom is -0.352 e. The summed E-state index contributed by atoms with van der Waals surface area (Å²) in [5.74, 6) is -2.25. The van der Waals surface area contributed by atoms with Gasteiger partial charge in [0.1, 0.15) is 11.2 Å². The first-order valence-electron chi connectivity index (χ1n) is 14.2. The molecule has 1 saturated carbocycles. The summed E-state index contributed by atoms with van der Waals surface area (Å²) in [5.41, 5.74) is -0.180. The number of halogens is 3. The molecule has 0 unspecified atom stereocenters. The number of fused-ring (bicyclic) bond motifs is 2. The monoisotopic (exact) mass is 638 g/mol. The second-order valence-corrected chi connectivity index (χ2v) is 15.7. The number of benzene rings is 2. The lowest BCUT2D eigenvalue weighted by Gasteiger charge is -2.38. The van der Waals surface area contributed by atoms with Gasteiger partial charge in [0.25, 0.3) is 0 Å². The van der Waals surface area contributed by atoms with E-state index in [2.05, 4.69) is 41.4 Å². The number of amides is 2. The maximum Gasteiger partial charge on any atom is 0.238 e. The number of sulfonamides is 1. The molecular weight excluding hydrogens is 602 g/mol. The smallest absolute Gasteiger partial charge is 0.238 e. The average Bonchev–Trinajstić information content (AvgIpc) is 3.35. The van der Waals surface area contributed by atoms with Crippen molar-refractivity contribution >= 4 is 50.7 Å². The van der Waals surface area contributed by atoms with E-state index in [1.807, 2.05) is 0 Å². The van der Waals surface area contributed by atoms with E-state index in [4.69, 9.17) is 23.2 Å². The van der Waals surface area contributed by atoms with E-state index in [1.54, 1.807) is 30.3 Å². The Morgan fingerprint density at radius 3 is 2.40 bits per heavy atom. The topological polar surface area (TPSA) is 116 Å². The second-order valence-electron chi connectivity index (χ2n) is 13.0. The van der Waals surface area contributed by atoms with Crippen molar-refractivity contribution in [1.82, 2.24) is 15.4 Å². The molecule has 1 saturated heterocycles. The van der Waals surface area contributed by atoms with Crippen molar-refractivity contribution in [2.45, 2.75) is 88.4 Å². The summed E-state index contributed by atoms with van der Waals surface area (Å²) >= 11 is 12.6. The molecule has 2 heterocycles. The summed E-state index contributed by atoms with van der Waals surface area (Å²) < 4.78 is 41.9. The van der Waals surface area contributed by atoms with E-state index in [0.717, 1.165) is 6.26 Å².